The lowest BCUT2D eigenvalue weighted by Gasteiger charge is -2.08. The van der Waals surface area contributed by atoms with Crippen LogP contribution in [-0.2, 0) is 21.8 Å². The van der Waals surface area contributed by atoms with Crippen molar-refractivity contribution < 1.29 is 8.42 Å². The van der Waals surface area contributed by atoms with Gasteiger partial charge in [-0.05, 0) is 29.8 Å². The lowest BCUT2D eigenvalue weighted by molar-refractivity contribution is 0.600. The van der Waals surface area contributed by atoms with Gasteiger partial charge in [0.25, 0.3) is 0 Å². The van der Waals surface area contributed by atoms with Gasteiger partial charge in [0.05, 0.1) is 5.75 Å². The van der Waals surface area contributed by atoms with Crippen molar-refractivity contribution in [1.29, 1.82) is 0 Å². The van der Waals surface area contributed by atoms with Gasteiger partial charge in [0.2, 0.25) is 10.0 Å². The summed E-state index contributed by atoms with van der Waals surface area (Å²) in [6, 6.07) is 12.8. The predicted molar refractivity (Wildman–Crippen MR) is 84.4 cm³/mol. The van der Waals surface area contributed by atoms with Crippen LogP contribution < -0.4 is 4.72 Å². The van der Waals surface area contributed by atoms with Crippen molar-refractivity contribution in [3.63, 3.8) is 0 Å². The molecule has 2 aromatic rings. The summed E-state index contributed by atoms with van der Waals surface area (Å²) in [4.78, 5) is 4.12. The Labute approximate surface area is 127 Å². The fraction of sp³-hybridized carbons (Fsp3) is 0.214. The summed E-state index contributed by atoms with van der Waals surface area (Å²) in [6.45, 7) is 0. The summed E-state index contributed by atoms with van der Waals surface area (Å²) in [5.41, 5.74) is 2.38. The molecule has 0 saturated carbocycles. The molecule has 0 radical (unpaired) electrons. The molecule has 1 heterocycles. The van der Waals surface area contributed by atoms with Gasteiger partial charge in [-0.2, -0.15) is 0 Å². The van der Waals surface area contributed by atoms with E-state index in [1.807, 2.05) is 36.4 Å². The normalized spacial score (nSPS) is 11.2. The second kappa shape index (κ2) is 6.85. The number of nitrogens with one attached hydrogen (secondary N) is 1. The molecule has 0 atom stereocenters. The van der Waals surface area contributed by atoms with E-state index in [0.29, 0.717) is 17.4 Å². The van der Waals surface area contributed by atoms with Crippen molar-refractivity contribution in [1.82, 2.24) is 4.98 Å². The molecular weight excluding hydrogens is 340 g/mol. The molecule has 6 heteroatoms. The lowest BCUT2D eigenvalue weighted by atomic mass is 10.2. The van der Waals surface area contributed by atoms with Gasteiger partial charge in [-0.25, -0.2) is 8.42 Å². The second-order valence-electron chi connectivity index (χ2n) is 4.33. The van der Waals surface area contributed by atoms with E-state index < -0.39 is 10.0 Å². The number of halogens is 1. The van der Waals surface area contributed by atoms with Crippen LogP contribution in [0.3, 0.4) is 0 Å². The zero-order valence-electron chi connectivity index (χ0n) is 10.8. The minimum Gasteiger partial charge on any atom is -0.284 e. The topological polar surface area (TPSA) is 59.1 Å². The number of hydrogen-bond donors (Lipinski definition) is 1. The van der Waals surface area contributed by atoms with E-state index in [4.69, 9.17) is 0 Å². The summed E-state index contributed by atoms with van der Waals surface area (Å²) >= 11 is 3.35. The molecule has 0 aliphatic carbocycles. The van der Waals surface area contributed by atoms with Gasteiger partial charge in [-0.1, -0.05) is 34.1 Å². The molecule has 4 nitrogen and oxygen atoms in total. The van der Waals surface area contributed by atoms with Crippen LogP contribution in [0.4, 0.5) is 5.69 Å². The van der Waals surface area contributed by atoms with Crippen molar-refractivity contribution in [2.24, 2.45) is 0 Å². The fourth-order valence-electron chi connectivity index (χ4n) is 1.73. The zero-order valence-corrected chi connectivity index (χ0v) is 13.2. The highest BCUT2D eigenvalue weighted by atomic mass is 79.9. The summed E-state index contributed by atoms with van der Waals surface area (Å²) in [5, 5.41) is 0.691. The van der Waals surface area contributed by atoms with Crippen molar-refractivity contribution in [2.45, 2.75) is 11.8 Å². The minimum atomic E-state index is -3.36. The van der Waals surface area contributed by atoms with Crippen molar-refractivity contribution in [2.75, 3.05) is 10.5 Å². The molecule has 0 aliphatic heterocycles. The Morgan fingerprint density at radius 2 is 2.00 bits per heavy atom. The van der Waals surface area contributed by atoms with Crippen LogP contribution in [-0.4, -0.2) is 19.2 Å². The quantitative estimate of drug-likeness (QED) is 0.811. The Morgan fingerprint density at radius 1 is 1.15 bits per heavy atom. The number of aromatic nitrogens is 1. The summed E-state index contributed by atoms with van der Waals surface area (Å²) < 4.78 is 26.6. The van der Waals surface area contributed by atoms with Crippen LogP contribution >= 0.6 is 15.9 Å². The monoisotopic (exact) mass is 354 g/mol. The molecule has 1 aromatic heterocycles. The van der Waals surface area contributed by atoms with Crippen LogP contribution in [0.5, 0.6) is 0 Å². The first-order chi connectivity index (χ1) is 9.59. The molecule has 0 spiro atoms. The first-order valence-electron chi connectivity index (χ1n) is 6.14. The molecule has 0 unspecified atom stereocenters. The predicted octanol–water partition coefficient (Wildman–Crippen LogP) is 2.96. The largest absolute Gasteiger partial charge is 0.284 e. The van der Waals surface area contributed by atoms with Crippen molar-refractivity contribution in [3.05, 3.63) is 59.9 Å². The Bertz CT molecular complexity index is 660. The molecule has 106 valence electrons. The van der Waals surface area contributed by atoms with Crippen molar-refractivity contribution in [3.8, 4) is 0 Å². The Kier molecular flexibility index (Phi) is 5.14. The number of hydrogen-bond acceptors (Lipinski definition) is 3. The van der Waals surface area contributed by atoms with Crippen LogP contribution in [0, 0.1) is 0 Å². The highest BCUT2D eigenvalue weighted by molar-refractivity contribution is 9.08. The second-order valence-corrected chi connectivity index (χ2v) is 6.73. The number of rotatable bonds is 6. The van der Waals surface area contributed by atoms with E-state index in [9.17, 15) is 8.42 Å². The molecule has 0 bridgehead atoms. The minimum absolute atomic E-state index is 0.0164. The number of sulfonamides is 1. The Balaban J connectivity index is 2.00. The van der Waals surface area contributed by atoms with Gasteiger partial charge in [0.1, 0.15) is 0 Å². The molecule has 0 fully saturated rings. The summed E-state index contributed by atoms with van der Waals surface area (Å²) in [7, 11) is -3.36. The van der Waals surface area contributed by atoms with Gasteiger partial charge in [0.15, 0.2) is 0 Å². The molecule has 20 heavy (non-hydrogen) atoms. The van der Waals surface area contributed by atoms with Gasteiger partial charge in [-0.3, -0.25) is 9.71 Å². The smallest absolute Gasteiger partial charge is 0.233 e. The number of anilines is 1. The molecule has 0 saturated heterocycles. The van der Waals surface area contributed by atoms with E-state index in [1.54, 1.807) is 12.3 Å². The van der Waals surface area contributed by atoms with Crippen LogP contribution in [0.2, 0.25) is 0 Å². The van der Waals surface area contributed by atoms with Crippen LogP contribution in [0.25, 0.3) is 0 Å². The highest BCUT2D eigenvalue weighted by Gasteiger charge is 2.11. The highest BCUT2D eigenvalue weighted by Crippen LogP contribution is 2.15. The van der Waals surface area contributed by atoms with Gasteiger partial charge < -0.3 is 0 Å². The van der Waals surface area contributed by atoms with E-state index in [2.05, 4.69) is 25.6 Å². The first kappa shape index (κ1) is 15.0. The maximum atomic E-state index is 12.0. The maximum absolute atomic E-state index is 12.0. The maximum Gasteiger partial charge on any atom is 0.233 e. The molecule has 2 rings (SSSR count). The van der Waals surface area contributed by atoms with Gasteiger partial charge >= 0.3 is 0 Å². The van der Waals surface area contributed by atoms with Crippen molar-refractivity contribution >= 4 is 31.6 Å². The summed E-state index contributed by atoms with van der Waals surface area (Å²) in [5.74, 6) is 0.0164. The van der Waals surface area contributed by atoms with Crippen LogP contribution in [0.1, 0.15) is 11.3 Å². The number of aryl methyl sites for hydroxylation is 1. The third-order valence-corrected chi connectivity index (χ3v) is 4.64. The third-order valence-electron chi connectivity index (χ3n) is 2.71. The zero-order chi connectivity index (χ0) is 14.4. The van der Waals surface area contributed by atoms with Crippen LogP contribution in [0.15, 0.2) is 48.7 Å². The molecule has 0 amide bonds. The molecular formula is C14H15BrN2O2S. The summed E-state index contributed by atoms with van der Waals surface area (Å²) in [6.07, 6.45) is 2.06. The Hall–Kier alpha value is -1.40. The first-order valence-corrected chi connectivity index (χ1v) is 8.92. The van der Waals surface area contributed by atoms with Gasteiger partial charge in [0, 0.05) is 29.3 Å². The molecule has 0 aliphatic rings. The molecule has 1 N–H and O–H groups in total. The van der Waals surface area contributed by atoms with E-state index in [-0.39, 0.29) is 5.75 Å². The van der Waals surface area contributed by atoms with E-state index in [1.165, 1.54) is 0 Å². The van der Waals surface area contributed by atoms with E-state index >= 15 is 0 Å². The van der Waals surface area contributed by atoms with Gasteiger partial charge in [-0.15, -0.1) is 0 Å². The third kappa shape index (κ3) is 4.61. The molecule has 1 aromatic carbocycles. The number of pyridine rings is 1. The SMILES string of the molecule is O=S(=O)(CCc1ccccn1)Nc1cccc(CBr)c1. The number of benzene rings is 1. The van der Waals surface area contributed by atoms with E-state index in [0.717, 1.165) is 11.3 Å². The average Bonchev–Trinajstić information content (AvgIpc) is 2.46. The average molecular weight is 355 g/mol. The number of alkyl halides is 1. The standard InChI is InChI=1S/C14H15BrN2O2S/c15-11-12-4-3-6-14(10-12)17-20(18,19)9-7-13-5-1-2-8-16-13/h1-6,8,10,17H,7,9,11H2. The lowest BCUT2D eigenvalue weighted by Crippen LogP contribution is -2.18. The Morgan fingerprint density at radius 3 is 2.70 bits per heavy atom. The fourth-order valence-corrected chi connectivity index (χ4v) is 3.15. The number of nitrogens with zero attached hydrogens (tertiary/aromatic N) is 1.